The highest BCUT2D eigenvalue weighted by atomic mass is 16.5. The molecule has 1 aromatic carbocycles. The van der Waals surface area contributed by atoms with E-state index >= 15 is 0 Å². The lowest BCUT2D eigenvalue weighted by molar-refractivity contribution is -0.136. The van der Waals surface area contributed by atoms with Crippen LogP contribution in [0, 0.1) is 0 Å². The third-order valence-corrected chi connectivity index (χ3v) is 4.16. The topological polar surface area (TPSA) is 74.0 Å². The van der Waals surface area contributed by atoms with Crippen molar-refractivity contribution in [3.63, 3.8) is 0 Å². The van der Waals surface area contributed by atoms with Crippen LogP contribution in [0.25, 0.3) is 0 Å². The van der Waals surface area contributed by atoms with E-state index in [-0.39, 0.29) is 18.6 Å². The minimum atomic E-state index is 0.0201. The van der Waals surface area contributed by atoms with Gasteiger partial charge in [-0.15, -0.1) is 0 Å². The minimum Gasteiger partial charge on any atom is -0.494 e. The lowest BCUT2D eigenvalue weighted by atomic mass is 10.1. The number of likely N-dealkylation sites (tertiary alicyclic amines) is 1. The van der Waals surface area contributed by atoms with E-state index in [0.29, 0.717) is 25.5 Å². The first-order valence-electron chi connectivity index (χ1n) is 9.18. The molecule has 1 aliphatic rings. The largest absolute Gasteiger partial charge is 0.494 e. The summed E-state index contributed by atoms with van der Waals surface area (Å²) in [6.07, 6.45) is 3.85. The Morgan fingerprint density at radius 2 is 1.76 bits per heavy atom. The standard InChI is InChI=1S/C19H30N2O4/c1-2-13-23-16-4-6-17(7-5-16)25-15-19(22)21-11-8-18(9-12-21)24-14-3-10-20/h4-7,18H,2-3,8-15,20H2,1H3. The Hall–Kier alpha value is -1.79. The smallest absolute Gasteiger partial charge is 0.260 e. The molecule has 0 atom stereocenters. The van der Waals surface area contributed by atoms with Crippen LogP contribution in [-0.4, -0.2) is 56.4 Å². The fourth-order valence-electron chi connectivity index (χ4n) is 2.69. The van der Waals surface area contributed by atoms with E-state index < -0.39 is 0 Å². The molecule has 6 heteroatoms. The van der Waals surface area contributed by atoms with Gasteiger partial charge in [0.25, 0.3) is 5.91 Å². The number of hydrogen-bond donors (Lipinski definition) is 1. The second-order valence-corrected chi connectivity index (χ2v) is 6.20. The average molecular weight is 350 g/mol. The van der Waals surface area contributed by atoms with E-state index in [1.165, 1.54) is 0 Å². The van der Waals surface area contributed by atoms with E-state index in [1.54, 1.807) is 0 Å². The zero-order chi connectivity index (χ0) is 17.9. The number of carbonyl (C=O) groups excluding carboxylic acids is 1. The number of amides is 1. The van der Waals surface area contributed by atoms with Crippen LogP contribution < -0.4 is 15.2 Å². The molecule has 0 bridgehead atoms. The zero-order valence-electron chi connectivity index (χ0n) is 15.1. The summed E-state index contributed by atoms with van der Waals surface area (Å²) < 4.78 is 16.9. The van der Waals surface area contributed by atoms with E-state index in [0.717, 1.165) is 44.5 Å². The Morgan fingerprint density at radius 1 is 1.12 bits per heavy atom. The quantitative estimate of drug-likeness (QED) is 0.655. The van der Waals surface area contributed by atoms with Crippen molar-refractivity contribution in [2.75, 3.05) is 39.5 Å². The number of carbonyl (C=O) groups is 1. The number of piperidine rings is 1. The molecule has 2 rings (SSSR count). The van der Waals surface area contributed by atoms with Crippen LogP contribution in [0.5, 0.6) is 11.5 Å². The van der Waals surface area contributed by atoms with Crippen LogP contribution in [-0.2, 0) is 9.53 Å². The molecular weight excluding hydrogens is 320 g/mol. The van der Waals surface area contributed by atoms with E-state index in [1.807, 2.05) is 29.2 Å². The van der Waals surface area contributed by atoms with Gasteiger partial charge in [-0.25, -0.2) is 0 Å². The monoisotopic (exact) mass is 350 g/mol. The SMILES string of the molecule is CCCOc1ccc(OCC(=O)N2CCC(OCCCN)CC2)cc1. The van der Waals surface area contributed by atoms with Gasteiger partial charge in [-0.3, -0.25) is 4.79 Å². The molecule has 0 aliphatic carbocycles. The van der Waals surface area contributed by atoms with Gasteiger partial charge in [0.1, 0.15) is 11.5 Å². The van der Waals surface area contributed by atoms with Gasteiger partial charge in [0, 0.05) is 19.7 Å². The van der Waals surface area contributed by atoms with Crippen LogP contribution in [0.15, 0.2) is 24.3 Å². The summed E-state index contributed by atoms with van der Waals surface area (Å²) in [6.45, 7) is 5.63. The highest BCUT2D eigenvalue weighted by Gasteiger charge is 2.23. The fraction of sp³-hybridized carbons (Fsp3) is 0.632. The summed E-state index contributed by atoms with van der Waals surface area (Å²) in [5.74, 6) is 1.51. The van der Waals surface area contributed by atoms with Gasteiger partial charge in [-0.05, 0) is 56.5 Å². The van der Waals surface area contributed by atoms with Gasteiger partial charge in [0.2, 0.25) is 0 Å². The van der Waals surface area contributed by atoms with Gasteiger partial charge in [-0.1, -0.05) is 6.92 Å². The first-order chi connectivity index (χ1) is 12.2. The molecule has 140 valence electrons. The number of ether oxygens (including phenoxy) is 3. The van der Waals surface area contributed by atoms with Gasteiger partial charge < -0.3 is 24.8 Å². The van der Waals surface area contributed by atoms with Crippen LogP contribution >= 0.6 is 0 Å². The fourth-order valence-corrected chi connectivity index (χ4v) is 2.69. The third kappa shape index (κ3) is 6.92. The first kappa shape index (κ1) is 19.5. The van der Waals surface area contributed by atoms with Gasteiger partial charge in [0.15, 0.2) is 6.61 Å². The second kappa shape index (κ2) is 10.9. The highest BCUT2D eigenvalue weighted by Crippen LogP contribution is 2.18. The summed E-state index contributed by atoms with van der Waals surface area (Å²) >= 11 is 0. The summed E-state index contributed by atoms with van der Waals surface area (Å²) in [4.78, 5) is 14.1. The van der Waals surface area contributed by atoms with Crippen molar-refractivity contribution in [3.8, 4) is 11.5 Å². The Morgan fingerprint density at radius 3 is 2.36 bits per heavy atom. The van der Waals surface area contributed by atoms with Crippen molar-refractivity contribution < 1.29 is 19.0 Å². The third-order valence-electron chi connectivity index (χ3n) is 4.16. The predicted octanol–water partition coefficient (Wildman–Crippen LogP) is 2.21. The van der Waals surface area contributed by atoms with Crippen LogP contribution in [0.4, 0.5) is 0 Å². The first-order valence-corrected chi connectivity index (χ1v) is 9.18. The Kier molecular flexibility index (Phi) is 8.55. The molecule has 1 aliphatic heterocycles. The van der Waals surface area contributed by atoms with Gasteiger partial charge in [-0.2, -0.15) is 0 Å². The zero-order valence-corrected chi connectivity index (χ0v) is 15.1. The molecule has 1 fully saturated rings. The highest BCUT2D eigenvalue weighted by molar-refractivity contribution is 5.77. The lowest BCUT2D eigenvalue weighted by Gasteiger charge is -2.31. The van der Waals surface area contributed by atoms with Crippen molar-refractivity contribution in [2.45, 2.75) is 38.7 Å². The second-order valence-electron chi connectivity index (χ2n) is 6.20. The Labute approximate surface area is 150 Å². The molecular formula is C19H30N2O4. The van der Waals surface area contributed by atoms with Crippen molar-refractivity contribution in [1.29, 1.82) is 0 Å². The molecule has 0 spiro atoms. The van der Waals surface area contributed by atoms with E-state index in [9.17, 15) is 4.79 Å². The minimum absolute atomic E-state index is 0.0201. The molecule has 1 saturated heterocycles. The normalized spacial score (nSPS) is 15.2. The number of rotatable bonds is 10. The molecule has 0 radical (unpaired) electrons. The lowest BCUT2D eigenvalue weighted by Crippen LogP contribution is -2.43. The van der Waals surface area contributed by atoms with Crippen molar-refractivity contribution in [1.82, 2.24) is 4.90 Å². The number of nitrogens with zero attached hydrogens (tertiary/aromatic N) is 1. The maximum Gasteiger partial charge on any atom is 0.260 e. The molecule has 0 unspecified atom stereocenters. The van der Waals surface area contributed by atoms with Gasteiger partial charge in [0.05, 0.1) is 12.7 Å². The molecule has 0 aromatic heterocycles. The van der Waals surface area contributed by atoms with E-state index in [2.05, 4.69) is 6.92 Å². The molecule has 0 saturated carbocycles. The van der Waals surface area contributed by atoms with E-state index in [4.69, 9.17) is 19.9 Å². The molecule has 2 N–H and O–H groups in total. The van der Waals surface area contributed by atoms with Gasteiger partial charge >= 0.3 is 0 Å². The summed E-state index contributed by atoms with van der Waals surface area (Å²) in [5, 5.41) is 0. The van der Waals surface area contributed by atoms with Crippen molar-refractivity contribution >= 4 is 5.91 Å². The van der Waals surface area contributed by atoms with Crippen LogP contribution in [0.1, 0.15) is 32.6 Å². The summed E-state index contributed by atoms with van der Waals surface area (Å²) in [5.41, 5.74) is 5.46. The Bertz CT molecular complexity index is 499. The molecule has 1 amide bonds. The van der Waals surface area contributed by atoms with Crippen LogP contribution in [0.2, 0.25) is 0 Å². The van der Waals surface area contributed by atoms with Crippen molar-refractivity contribution in [2.24, 2.45) is 5.73 Å². The Balaban J connectivity index is 1.67. The molecule has 25 heavy (non-hydrogen) atoms. The van der Waals surface area contributed by atoms with Crippen LogP contribution in [0.3, 0.4) is 0 Å². The maximum atomic E-state index is 12.3. The molecule has 6 nitrogen and oxygen atoms in total. The average Bonchev–Trinajstić information content (AvgIpc) is 2.66. The summed E-state index contributed by atoms with van der Waals surface area (Å²) in [6, 6.07) is 7.38. The molecule has 1 aromatic rings. The van der Waals surface area contributed by atoms with Crippen molar-refractivity contribution in [3.05, 3.63) is 24.3 Å². The number of hydrogen-bond acceptors (Lipinski definition) is 5. The number of nitrogens with two attached hydrogens (primary N) is 1. The maximum absolute atomic E-state index is 12.3. The number of benzene rings is 1. The molecule has 1 heterocycles. The predicted molar refractivity (Wildman–Crippen MR) is 96.9 cm³/mol. The summed E-state index contributed by atoms with van der Waals surface area (Å²) in [7, 11) is 0.